The molecule has 7 nitrogen and oxygen atoms in total. The van der Waals surface area contributed by atoms with Crippen LogP contribution in [0.2, 0.25) is 0 Å². The molecule has 1 aliphatic rings. The molecule has 3 heterocycles. The van der Waals surface area contributed by atoms with Crippen molar-refractivity contribution >= 4 is 10.0 Å². The number of ether oxygens (including phenoxy) is 1. The second-order valence-corrected chi connectivity index (χ2v) is 8.69. The van der Waals surface area contributed by atoms with Crippen molar-refractivity contribution in [3.63, 3.8) is 0 Å². The molecule has 1 atom stereocenters. The lowest BCUT2D eigenvalue weighted by atomic mass is 10.1. The molecule has 0 amide bonds. The molecule has 0 spiro atoms. The van der Waals surface area contributed by atoms with Crippen LogP contribution >= 0.6 is 0 Å². The van der Waals surface area contributed by atoms with E-state index < -0.39 is 21.9 Å². The number of sulfonamides is 1. The summed E-state index contributed by atoms with van der Waals surface area (Å²) in [4.78, 5) is 3.66. The molecule has 0 saturated carbocycles. The van der Waals surface area contributed by atoms with E-state index in [0.29, 0.717) is 24.4 Å². The third-order valence-electron chi connectivity index (χ3n) is 4.77. The highest BCUT2D eigenvalue weighted by Crippen LogP contribution is 2.30. The van der Waals surface area contributed by atoms with E-state index in [2.05, 4.69) is 10.1 Å². The van der Waals surface area contributed by atoms with Crippen molar-refractivity contribution in [1.82, 2.24) is 19.1 Å². The zero-order valence-electron chi connectivity index (χ0n) is 15.7. The lowest BCUT2D eigenvalue weighted by Gasteiger charge is -2.17. The average molecular weight is 418 g/mol. The highest BCUT2D eigenvalue weighted by Gasteiger charge is 2.36. The van der Waals surface area contributed by atoms with Gasteiger partial charge in [-0.15, -0.1) is 0 Å². The van der Waals surface area contributed by atoms with Gasteiger partial charge in [0.25, 0.3) is 0 Å². The largest absolute Gasteiger partial charge is 0.477 e. The predicted octanol–water partition coefficient (Wildman–Crippen LogP) is 2.54. The van der Waals surface area contributed by atoms with Crippen LogP contribution in [-0.4, -0.2) is 47.2 Å². The Balaban J connectivity index is 1.66. The fourth-order valence-corrected chi connectivity index (χ4v) is 5.19. The zero-order valence-corrected chi connectivity index (χ0v) is 16.5. The Morgan fingerprint density at radius 1 is 1.29 bits per heavy atom. The summed E-state index contributed by atoms with van der Waals surface area (Å²) in [5, 5.41) is 4.16. The van der Waals surface area contributed by atoms with E-state index in [0.717, 1.165) is 6.07 Å². The monoisotopic (exact) mass is 418 g/mol. The van der Waals surface area contributed by atoms with Crippen molar-refractivity contribution in [2.24, 2.45) is 13.0 Å². The maximum atomic E-state index is 13.0. The molecule has 1 aliphatic heterocycles. The van der Waals surface area contributed by atoms with Gasteiger partial charge in [0.15, 0.2) is 0 Å². The Labute approximate surface area is 161 Å². The van der Waals surface area contributed by atoms with Crippen molar-refractivity contribution in [2.75, 3.05) is 19.7 Å². The summed E-state index contributed by atoms with van der Waals surface area (Å²) in [5.74, 6) is -0.265. The van der Waals surface area contributed by atoms with E-state index in [1.54, 1.807) is 20.9 Å². The maximum Gasteiger partial charge on any atom is 0.433 e. The third kappa shape index (κ3) is 4.00. The number of alkyl halides is 3. The molecule has 0 aromatic carbocycles. The number of pyridine rings is 1. The van der Waals surface area contributed by atoms with Gasteiger partial charge in [-0.1, -0.05) is 6.07 Å². The molecule has 2 aromatic rings. The molecule has 154 valence electrons. The van der Waals surface area contributed by atoms with Gasteiger partial charge in [-0.05, 0) is 26.3 Å². The van der Waals surface area contributed by atoms with Crippen molar-refractivity contribution in [2.45, 2.75) is 31.3 Å². The quantitative estimate of drug-likeness (QED) is 0.746. The highest BCUT2D eigenvalue weighted by atomic mass is 32.2. The summed E-state index contributed by atoms with van der Waals surface area (Å²) < 4.78 is 72.4. The maximum absolute atomic E-state index is 13.0. The molecule has 3 rings (SSSR count). The predicted molar refractivity (Wildman–Crippen MR) is 94.3 cm³/mol. The van der Waals surface area contributed by atoms with Gasteiger partial charge < -0.3 is 4.74 Å². The molecule has 2 aromatic heterocycles. The smallest absolute Gasteiger partial charge is 0.433 e. The van der Waals surface area contributed by atoms with Crippen LogP contribution in [0.5, 0.6) is 5.88 Å². The first-order valence-electron chi connectivity index (χ1n) is 8.67. The SMILES string of the molecule is Cc1nn(C)c(C)c1S(=O)(=O)N1CCC(COc2cccc(C(F)(F)F)n2)C1. The molecule has 1 unspecified atom stereocenters. The van der Waals surface area contributed by atoms with Crippen molar-refractivity contribution < 1.29 is 26.3 Å². The molecule has 0 bridgehead atoms. The molecule has 11 heteroatoms. The summed E-state index contributed by atoms with van der Waals surface area (Å²) in [7, 11) is -2.01. The second kappa shape index (κ2) is 7.36. The molecule has 28 heavy (non-hydrogen) atoms. The molecule has 0 aliphatic carbocycles. The Morgan fingerprint density at radius 3 is 2.61 bits per heavy atom. The lowest BCUT2D eigenvalue weighted by molar-refractivity contribution is -0.141. The van der Waals surface area contributed by atoms with Crippen LogP contribution < -0.4 is 4.74 Å². The van der Waals surface area contributed by atoms with Crippen molar-refractivity contribution in [3.05, 3.63) is 35.3 Å². The topological polar surface area (TPSA) is 77.3 Å². The first kappa shape index (κ1) is 20.6. The van der Waals surface area contributed by atoms with Crippen LogP contribution in [0.3, 0.4) is 0 Å². The number of halogens is 3. The van der Waals surface area contributed by atoms with E-state index in [1.807, 2.05) is 0 Å². The van der Waals surface area contributed by atoms with Gasteiger partial charge in [-0.25, -0.2) is 13.4 Å². The first-order chi connectivity index (χ1) is 13.0. The van der Waals surface area contributed by atoms with Crippen LogP contribution in [-0.2, 0) is 23.2 Å². The standard InChI is InChI=1S/C17H21F3N4O3S/c1-11-16(12(2)23(3)22-11)28(25,26)24-8-7-13(9-24)10-27-15-6-4-5-14(21-15)17(18,19)20/h4-6,13H,7-10H2,1-3H3. The van der Waals surface area contributed by atoms with Crippen molar-refractivity contribution in [3.8, 4) is 5.88 Å². The lowest BCUT2D eigenvalue weighted by Crippen LogP contribution is -2.30. The summed E-state index contributed by atoms with van der Waals surface area (Å²) in [6.07, 6.45) is -3.99. The second-order valence-electron chi connectivity index (χ2n) is 6.81. The molecule has 1 fully saturated rings. The van der Waals surface area contributed by atoms with Gasteiger partial charge >= 0.3 is 6.18 Å². The van der Waals surface area contributed by atoms with Crippen LogP contribution in [0.25, 0.3) is 0 Å². The summed E-state index contributed by atoms with van der Waals surface area (Å²) in [6.45, 7) is 3.99. The Hall–Kier alpha value is -2.14. The molecule has 1 saturated heterocycles. The molecule has 0 N–H and O–H groups in total. The summed E-state index contributed by atoms with van der Waals surface area (Å²) in [5.41, 5.74) is -0.0265. The number of aryl methyl sites for hydroxylation is 2. The molecule has 0 radical (unpaired) electrons. The zero-order chi connectivity index (χ0) is 20.7. The Bertz CT molecular complexity index is 973. The minimum absolute atomic E-state index is 0.0886. The average Bonchev–Trinajstić information content (AvgIpc) is 3.18. The Kier molecular flexibility index (Phi) is 5.41. The minimum Gasteiger partial charge on any atom is -0.477 e. The van der Waals surface area contributed by atoms with Gasteiger partial charge in [0.05, 0.1) is 18.0 Å². The van der Waals surface area contributed by atoms with Gasteiger partial charge in [0.1, 0.15) is 10.6 Å². The number of aromatic nitrogens is 3. The fraction of sp³-hybridized carbons (Fsp3) is 0.529. The van der Waals surface area contributed by atoms with Gasteiger partial charge in [0, 0.05) is 32.1 Å². The summed E-state index contributed by atoms with van der Waals surface area (Å²) >= 11 is 0. The van der Waals surface area contributed by atoms with Gasteiger partial charge in [-0.3, -0.25) is 4.68 Å². The van der Waals surface area contributed by atoms with E-state index in [9.17, 15) is 21.6 Å². The van der Waals surface area contributed by atoms with E-state index in [4.69, 9.17) is 4.74 Å². The van der Waals surface area contributed by atoms with Gasteiger partial charge in [0.2, 0.25) is 15.9 Å². The van der Waals surface area contributed by atoms with E-state index in [1.165, 1.54) is 21.1 Å². The Morgan fingerprint density at radius 2 is 2.00 bits per heavy atom. The normalized spacial score (nSPS) is 18.6. The number of rotatable bonds is 5. The van der Waals surface area contributed by atoms with Crippen LogP contribution in [0, 0.1) is 19.8 Å². The minimum atomic E-state index is -4.54. The van der Waals surface area contributed by atoms with E-state index >= 15 is 0 Å². The highest BCUT2D eigenvalue weighted by molar-refractivity contribution is 7.89. The number of nitrogens with zero attached hydrogens (tertiary/aromatic N) is 4. The third-order valence-corrected chi connectivity index (χ3v) is 6.89. The number of hydrogen-bond donors (Lipinski definition) is 0. The van der Waals surface area contributed by atoms with Crippen molar-refractivity contribution in [1.29, 1.82) is 0 Å². The molecular weight excluding hydrogens is 397 g/mol. The van der Waals surface area contributed by atoms with Gasteiger partial charge in [-0.2, -0.15) is 22.6 Å². The van der Waals surface area contributed by atoms with Crippen LogP contribution in [0.1, 0.15) is 23.5 Å². The van der Waals surface area contributed by atoms with Crippen LogP contribution in [0.4, 0.5) is 13.2 Å². The molecular formula is C17H21F3N4O3S. The van der Waals surface area contributed by atoms with Crippen LogP contribution in [0.15, 0.2) is 23.1 Å². The number of hydrogen-bond acceptors (Lipinski definition) is 5. The van der Waals surface area contributed by atoms with E-state index in [-0.39, 0.29) is 29.8 Å². The summed E-state index contributed by atoms with van der Waals surface area (Å²) in [6, 6.07) is 3.45. The first-order valence-corrected chi connectivity index (χ1v) is 10.1. The fourth-order valence-electron chi connectivity index (χ4n) is 3.26.